The molecule has 4 aliphatic carbocycles. The van der Waals surface area contributed by atoms with Gasteiger partial charge in [-0.1, -0.05) is 34.6 Å². The van der Waals surface area contributed by atoms with Crippen molar-refractivity contribution in [3.63, 3.8) is 0 Å². The van der Waals surface area contributed by atoms with Crippen LogP contribution in [-0.4, -0.2) is 92.5 Å². The molecule has 0 bridgehead atoms. The number of aliphatic hydroxyl groups is 6. The number of hydrogen-bond donors (Lipinski definition) is 6. The van der Waals surface area contributed by atoms with Gasteiger partial charge in [-0.05, 0) is 98.2 Å². The number of fused-ring (bicyclic) bond motifs is 5. The summed E-state index contributed by atoms with van der Waals surface area (Å²) in [5.74, 6) is 2.01. The Kier molecular flexibility index (Phi) is 9.81. The highest BCUT2D eigenvalue weighted by molar-refractivity contribution is 5.81. The second-order valence-electron chi connectivity index (χ2n) is 15.9. The maximum Gasteiger partial charge on any atom is 0.186 e. The normalized spacial score (nSPS) is 51.2. The summed E-state index contributed by atoms with van der Waals surface area (Å²) in [6.07, 6.45) is 1.86. The zero-order valence-electron chi connectivity index (χ0n) is 26.9. The highest BCUT2D eigenvalue weighted by Crippen LogP contribution is 2.71. The zero-order valence-corrected chi connectivity index (χ0v) is 26.9. The first-order chi connectivity index (χ1) is 20.2. The van der Waals surface area contributed by atoms with E-state index in [1.165, 1.54) is 0 Å². The van der Waals surface area contributed by atoms with Crippen LogP contribution in [0.1, 0.15) is 98.8 Å². The fourth-order valence-electron chi connectivity index (χ4n) is 10.8. The van der Waals surface area contributed by atoms with Crippen LogP contribution in [0.4, 0.5) is 0 Å². The molecule has 6 N–H and O–H groups in total. The average Bonchev–Trinajstić information content (AvgIpc) is 3.19. The van der Waals surface area contributed by atoms with Crippen LogP contribution in [-0.2, 0) is 14.3 Å². The first-order valence-electron chi connectivity index (χ1n) is 17.0. The molecular weight excluding hydrogens is 552 g/mol. The van der Waals surface area contributed by atoms with Gasteiger partial charge in [-0.25, -0.2) is 0 Å². The Morgan fingerprint density at radius 3 is 2.33 bits per heavy atom. The smallest absolute Gasteiger partial charge is 0.186 e. The molecule has 0 radical (unpaired) electrons. The van der Waals surface area contributed by atoms with E-state index in [2.05, 4.69) is 20.8 Å². The van der Waals surface area contributed by atoms with Crippen LogP contribution in [0.3, 0.4) is 0 Å². The van der Waals surface area contributed by atoms with Gasteiger partial charge >= 0.3 is 0 Å². The molecule has 248 valence electrons. The lowest BCUT2D eigenvalue weighted by Crippen LogP contribution is -2.59. The molecule has 16 atom stereocenters. The maximum atomic E-state index is 13.7. The van der Waals surface area contributed by atoms with Crippen molar-refractivity contribution in [1.82, 2.24) is 0 Å². The van der Waals surface area contributed by atoms with Crippen LogP contribution in [0.5, 0.6) is 0 Å². The van der Waals surface area contributed by atoms with E-state index in [9.17, 15) is 35.4 Å². The summed E-state index contributed by atoms with van der Waals surface area (Å²) in [6, 6.07) is 0. The minimum absolute atomic E-state index is 0.0338. The summed E-state index contributed by atoms with van der Waals surface area (Å²) in [6.45, 7) is 10.6. The Bertz CT molecular complexity index is 991. The zero-order chi connectivity index (χ0) is 31.5. The van der Waals surface area contributed by atoms with Crippen molar-refractivity contribution < 1.29 is 44.9 Å². The van der Waals surface area contributed by atoms with Crippen molar-refractivity contribution in [2.24, 2.45) is 51.8 Å². The molecule has 4 saturated carbocycles. The lowest BCUT2D eigenvalue weighted by molar-refractivity contribution is -0.303. The van der Waals surface area contributed by atoms with Crippen LogP contribution >= 0.6 is 0 Å². The number of hydrogen-bond acceptors (Lipinski definition) is 9. The van der Waals surface area contributed by atoms with E-state index in [0.29, 0.717) is 36.5 Å². The molecule has 5 fully saturated rings. The minimum atomic E-state index is -1.49. The van der Waals surface area contributed by atoms with Crippen molar-refractivity contribution in [3.05, 3.63) is 0 Å². The monoisotopic (exact) mass is 610 g/mol. The second-order valence-corrected chi connectivity index (χ2v) is 15.9. The fraction of sp³-hybridized carbons (Fsp3) is 0.971. The first-order valence-corrected chi connectivity index (χ1v) is 17.0. The van der Waals surface area contributed by atoms with Crippen molar-refractivity contribution in [3.8, 4) is 0 Å². The summed E-state index contributed by atoms with van der Waals surface area (Å²) < 4.78 is 11.1. The molecule has 43 heavy (non-hydrogen) atoms. The van der Waals surface area contributed by atoms with Gasteiger partial charge in [0.1, 0.15) is 30.2 Å². The lowest BCUT2D eigenvalue weighted by atomic mass is 9.42. The van der Waals surface area contributed by atoms with E-state index in [1.807, 2.05) is 13.8 Å². The summed E-state index contributed by atoms with van der Waals surface area (Å²) >= 11 is 0. The highest BCUT2D eigenvalue weighted by atomic mass is 16.7. The number of carbonyl (C=O) groups excluding carboxylic acids is 1. The van der Waals surface area contributed by atoms with Gasteiger partial charge in [0, 0.05) is 17.8 Å². The molecule has 0 spiro atoms. The maximum absolute atomic E-state index is 13.7. The number of ketones is 1. The summed E-state index contributed by atoms with van der Waals surface area (Å²) in [7, 11) is 0. The molecule has 16 unspecified atom stereocenters. The molecule has 9 nitrogen and oxygen atoms in total. The van der Waals surface area contributed by atoms with Crippen molar-refractivity contribution in [1.29, 1.82) is 0 Å². The Balaban J connectivity index is 1.19. The molecule has 9 heteroatoms. The van der Waals surface area contributed by atoms with Gasteiger partial charge in [-0.3, -0.25) is 4.79 Å². The molecular formula is C34H58O9. The SMILES string of the molecule is CC(CCC(=O)C(C)C1(C)C(O)CC2C3CCC4CC(O)CCC4(C)C3CCC21C)COC1OC(CO)C(O)C(O)C1O. The van der Waals surface area contributed by atoms with Gasteiger partial charge in [0.2, 0.25) is 0 Å². The largest absolute Gasteiger partial charge is 0.394 e. The van der Waals surface area contributed by atoms with E-state index in [1.54, 1.807) is 0 Å². The van der Waals surface area contributed by atoms with E-state index in [4.69, 9.17) is 9.47 Å². The molecule has 1 saturated heterocycles. The van der Waals surface area contributed by atoms with Gasteiger partial charge in [-0.15, -0.1) is 0 Å². The van der Waals surface area contributed by atoms with Crippen LogP contribution in [0.25, 0.3) is 0 Å². The lowest BCUT2D eigenvalue weighted by Gasteiger charge is -2.62. The quantitative estimate of drug-likeness (QED) is 0.231. The molecule has 5 aliphatic rings. The molecule has 0 aromatic rings. The molecule has 0 amide bonds. The van der Waals surface area contributed by atoms with Gasteiger partial charge in [0.05, 0.1) is 25.4 Å². The molecule has 0 aromatic heterocycles. The number of ether oxygens (including phenoxy) is 2. The second kappa shape index (κ2) is 12.5. The predicted molar refractivity (Wildman–Crippen MR) is 160 cm³/mol. The molecule has 1 aliphatic heterocycles. The Labute approximate surface area is 257 Å². The van der Waals surface area contributed by atoms with E-state index in [0.717, 1.165) is 51.4 Å². The fourth-order valence-corrected chi connectivity index (χ4v) is 10.8. The van der Waals surface area contributed by atoms with Gasteiger partial charge in [-0.2, -0.15) is 0 Å². The first kappa shape index (κ1) is 33.7. The number of Topliss-reactive ketones (excluding diaryl/α,β-unsaturated/α-hetero) is 1. The van der Waals surface area contributed by atoms with Gasteiger partial charge in [0.25, 0.3) is 0 Å². The van der Waals surface area contributed by atoms with Crippen LogP contribution in [0, 0.1) is 51.8 Å². The standard InChI is InChI=1S/C34H58O9/c1-18(17-42-31-30(41)29(40)28(39)26(16-35)43-31)6-9-25(37)19(2)34(5)27(38)15-24-22-8-7-20-14-21(36)10-12-32(20,3)23(22)11-13-33(24,34)4/h18-24,26-31,35-36,38-41H,6-17H2,1-5H3. The Morgan fingerprint density at radius 2 is 1.63 bits per heavy atom. The third-order valence-electron chi connectivity index (χ3n) is 14.1. The minimum Gasteiger partial charge on any atom is -0.394 e. The molecule has 1 heterocycles. The van der Waals surface area contributed by atoms with Crippen LogP contribution in [0.2, 0.25) is 0 Å². The summed E-state index contributed by atoms with van der Waals surface area (Å²) in [4.78, 5) is 13.7. The third kappa shape index (κ3) is 5.56. The van der Waals surface area contributed by atoms with Gasteiger partial charge < -0.3 is 40.1 Å². The Morgan fingerprint density at radius 1 is 0.907 bits per heavy atom. The van der Waals surface area contributed by atoms with Crippen molar-refractivity contribution in [2.45, 2.75) is 142 Å². The summed E-state index contributed by atoms with van der Waals surface area (Å²) in [5.41, 5.74) is -0.350. The van der Waals surface area contributed by atoms with Crippen LogP contribution < -0.4 is 0 Å². The van der Waals surface area contributed by atoms with Crippen molar-refractivity contribution >= 4 is 5.78 Å². The number of rotatable bonds is 9. The van der Waals surface area contributed by atoms with E-state index >= 15 is 0 Å². The molecule has 5 rings (SSSR count). The average molecular weight is 611 g/mol. The third-order valence-corrected chi connectivity index (χ3v) is 14.1. The number of carbonyl (C=O) groups is 1. The number of aliphatic hydroxyl groups excluding tert-OH is 6. The highest BCUT2D eigenvalue weighted by Gasteiger charge is 2.68. The van der Waals surface area contributed by atoms with Crippen molar-refractivity contribution in [2.75, 3.05) is 13.2 Å². The van der Waals surface area contributed by atoms with Crippen LogP contribution in [0.15, 0.2) is 0 Å². The summed E-state index contributed by atoms with van der Waals surface area (Å²) in [5, 5.41) is 61.7. The molecule has 0 aromatic carbocycles. The predicted octanol–water partition coefficient (Wildman–Crippen LogP) is 2.81. The Hall–Kier alpha value is -0.650. The van der Waals surface area contributed by atoms with E-state index in [-0.39, 0.29) is 41.2 Å². The van der Waals surface area contributed by atoms with E-state index < -0.39 is 48.8 Å². The topological polar surface area (TPSA) is 157 Å². The van der Waals surface area contributed by atoms with Gasteiger partial charge in [0.15, 0.2) is 6.29 Å².